The van der Waals surface area contributed by atoms with Crippen molar-refractivity contribution < 1.29 is 23.7 Å². The molecule has 7 nitrogen and oxygen atoms in total. The van der Waals surface area contributed by atoms with E-state index >= 15 is 0 Å². The first-order chi connectivity index (χ1) is 16.0. The molecule has 3 rings (SSSR count). The fourth-order valence-corrected chi connectivity index (χ4v) is 3.22. The minimum atomic E-state index is -0.215. The predicted octanol–water partition coefficient (Wildman–Crippen LogP) is 4.58. The van der Waals surface area contributed by atoms with Crippen molar-refractivity contribution >= 4 is 12.0 Å². The van der Waals surface area contributed by atoms with E-state index < -0.39 is 0 Å². The van der Waals surface area contributed by atoms with Gasteiger partial charge in [0.15, 0.2) is 11.5 Å². The van der Waals surface area contributed by atoms with Crippen molar-refractivity contribution in [3.63, 3.8) is 0 Å². The summed E-state index contributed by atoms with van der Waals surface area (Å²) >= 11 is 0. The van der Waals surface area contributed by atoms with Crippen molar-refractivity contribution in [3.8, 4) is 23.0 Å². The number of ether oxygens (including phenoxy) is 4. The first kappa shape index (κ1) is 23.7. The van der Waals surface area contributed by atoms with Crippen molar-refractivity contribution in [1.82, 2.24) is 10.3 Å². The van der Waals surface area contributed by atoms with E-state index in [1.807, 2.05) is 43.3 Å². The molecule has 0 fully saturated rings. The number of amides is 1. The van der Waals surface area contributed by atoms with Crippen molar-refractivity contribution in [2.45, 2.75) is 19.6 Å². The van der Waals surface area contributed by atoms with E-state index in [1.54, 1.807) is 51.9 Å². The van der Waals surface area contributed by atoms with Crippen molar-refractivity contribution in [3.05, 3.63) is 83.7 Å². The SMILES string of the molecule is COc1cc(/C=C/C(=O)NC(C)c2ccc(OCc3cccnc3)cc2)cc(OC)c1OC. The molecule has 0 aliphatic rings. The molecule has 2 aromatic carbocycles. The van der Waals surface area contributed by atoms with Crippen LogP contribution in [0.15, 0.2) is 67.0 Å². The number of carbonyl (C=O) groups is 1. The summed E-state index contributed by atoms with van der Waals surface area (Å²) in [5, 5.41) is 2.96. The normalized spacial score (nSPS) is 11.6. The lowest BCUT2D eigenvalue weighted by Gasteiger charge is -2.14. The maximum Gasteiger partial charge on any atom is 0.244 e. The largest absolute Gasteiger partial charge is 0.493 e. The smallest absolute Gasteiger partial charge is 0.244 e. The van der Waals surface area contributed by atoms with Gasteiger partial charge in [-0.3, -0.25) is 9.78 Å². The van der Waals surface area contributed by atoms with Crippen molar-refractivity contribution in [2.75, 3.05) is 21.3 Å². The van der Waals surface area contributed by atoms with Gasteiger partial charge >= 0.3 is 0 Å². The Morgan fingerprint density at radius 3 is 2.30 bits per heavy atom. The molecule has 172 valence electrons. The summed E-state index contributed by atoms with van der Waals surface area (Å²) in [6.07, 6.45) is 6.68. The van der Waals surface area contributed by atoms with Crippen LogP contribution in [-0.4, -0.2) is 32.2 Å². The molecule has 1 unspecified atom stereocenters. The second-order valence-electron chi connectivity index (χ2n) is 7.24. The van der Waals surface area contributed by atoms with E-state index in [2.05, 4.69) is 10.3 Å². The van der Waals surface area contributed by atoms with Gasteiger partial charge in [0.1, 0.15) is 12.4 Å². The number of hydrogen-bond acceptors (Lipinski definition) is 6. The molecule has 1 amide bonds. The van der Waals surface area contributed by atoms with Crippen LogP contribution in [0.2, 0.25) is 0 Å². The summed E-state index contributed by atoms with van der Waals surface area (Å²) in [6, 6.07) is 14.9. The summed E-state index contributed by atoms with van der Waals surface area (Å²) in [7, 11) is 4.65. The van der Waals surface area contributed by atoms with Crippen LogP contribution in [0.25, 0.3) is 6.08 Å². The van der Waals surface area contributed by atoms with Crippen LogP contribution in [0.4, 0.5) is 0 Å². The molecule has 7 heteroatoms. The number of pyridine rings is 1. The van der Waals surface area contributed by atoms with Crippen LogP contribution in [0.3, 0.4) is 0 Å². The zero-order valence-electron chi connectivity index (χ0n) is 19.2. The van der Waals surface area contributed by atoms with E-state index in [0.29, 0.717) is 23.9 Å². The maximum absolute atomic E-state index is 12.4. The Hall–Kier alpha value is -4.00. The number of aromatic nitrogens is 1. The molecule has 1 atom stereocenters. The highest BCUT2D eigenvalue weighted by Gasteiger charge is 2.13. The van der Waals surface area contributed by atoms with Crippen LogP contribution >= 0.6 is 0 Å². The molecule has 0 bridgehead atoms. The van der Waals surface area contributed by atoms with Gasteiger partial charge < -0.3 is 24.3 Å². The summed E-state index contributed by atoms with van der Waals surface area (Å²) in [5.74, 6) is 2.09. The van der Waals surface area contributed by atoms with E-state index in [4.69, 9.17) is 18.9 Å². The molecule has 0 saturated carbocycles. The highest BCUT2D eigenvalue weighted by molar-refractivity contribution is 5.92. The summed E-state index contributed by atoms with van der Waals surface area (Å²) < 4.78 is 21.8. The van der Waals surface area contributed by atoms with Gasteiger partial charge in [-0.2, -0.15) is 0 Å². The Labute approximate surface area is 194 Å². The molecule has 33 heavy (non-hydrogen) atoms. The molecule has 1 heterocycles. The lowest BCUT2D eigenvalue weighted by Crippen LogP contribution is -2.24. The lowest BCUT2D eigenvalue weighted by molar-refractivity contribution is -0.117. The molecule has 1 N–H and O–H groups in total. The first-order valence-electron chi connectivity index (χ1n) is 10.4. The molecule has 3 aromatic rings. The highest BCUT2D eigenvalue weighted by Crippen LogP contribution is 2.38. The average molecular weight is 449 g/mol. The third kappa shape index (κ3) is 6.49. The number of nitrogens with zero attached hydrogens (tertiary/aromatic N) is 1. The van der Waals surface area contributed by atoms with Crippen LogP contribution in [-0.2, 0) is 11.4 Å². The van der Waals surface area contributed by atoms with Gasteiger partial charge in [0.25, 0.3) is 0 Å². The third-order valence-electron chi connectivity index (χ3n) is 4.98. The predicted molar refractivity (Wildman–Crippen MR) is 127 cm³/mol. The van der Waals surface area contributed by atoms with E-state index in [9.17, 15) is 4.79 Å². The first-order valence-corrected chi connectivity index (χ1v) is 10.4. The lowest BCUT2D eigenvalue weighted by atomic mass is 10.1. The molecule has 0 spiro atoms. The fraction of sp³-hybridized carbons (Fsp3) is 0.231. The summed E-state index contributed by atoms with van der Waals surface area (Å²) in [5.41, 5.74) is 2.72. The van der Waals surface area contributed by atoms with Gasteiger partial charge in [0.2, 0.25) is 11.7 Å². The zero-order valence-corrected chi connectivity index (χ0v) is 19.2. The van der Waals surface area contributed by atoms with Crippen molar-refractivity contribution in [2.24, 2.45) is 0 Å². The summed E-state index contributed by atoms with van der Waals surface area (Å²) in [6.45, 7) is 2.38. The molecule has 0 aliphatic heterocycles. The van der Waals surface area contributed by atoms with Gasteiger partial charge in [-0.05, 0) is 54.5 Å². The van der Waals surface area contributed by atoms with E-state index in [1.165, 1.54) is 6.08 Å². The summed E-state index contributed by atoms with van der Waals surface area (Å²) in [4.78, 5) is 16.5. The van der Waals surface area contributed by atoms with Crippen LogP contribution in [0.5, 0.6) is 23.0 Å². The zero-order chi connectivity index (χ0) is 23.6. The van der Waals surface area contributed by atoms with Gasteiger partial charge in [-0.15, -0.1) is 0 Å². The minimum Gasteiger partial charge on any atom is -0.493 e. The quantitative estimate of drug-likeness (QED) is 0.458. The molecule has 0 radical (unpaired) electrons. The number of nitrogens with one attached hydrogen (secondary N) is 1. The Morgan fingerprint density at radius 1 is 1.03 bits per heavy atom. The molecular formula is C26H28N2O5. The second kappa shape index (κ2) is 11.6. The van der Waals surface area contributed by atoms with Gasteiger partial charge in [-0.25, -0.2) is 0 Å². The monoisotopic (exact) mass is 448 g/mol. The third-order valence-corrected chi connectivity index (χ3v) is 4.98. The van der Waals surface area contributed by atoms with E-state index in [-0.39, 0.29) is 11.9 Å². The molecule has 1 aromatic heterocycles. The number of hydrogen-bond donors (Lipinski definition) is 1. The Kier molecular flexibility index (Phi) is 8.30. The second-order valence-corrected chi connectivity index (χ2v) is 7.24. The van der Waals surface area contributed by atoms with Gasteiger partial charge in [0.05, 0.1) is 27.4 Å². The average Bonchev–Trinajstić information content (AvgIpc) is 2.86. The standard InChI is InChI=1S/C26H28N2O5/c1-18(21-8-10-22(11-9-21)33-17-20-6-5-13-27-16-20)28-25(29)12-7-19-14-23(30-2)26(32-4)24(15-19)31-3/h5-16,18H,17H2,1-4H3,(H,28,29)/b12-7+. The highest BCUT2D eigenvalue weighted by atomic mass is 16.5. The Bertz CT molecular complexity index is 1060. The molecule has 0 aliphatic carbocycles. The van der Waals surface area contributed by atoms with Crippen LogP contribution in [0.1, 0.15) is 29.7 Å². The Balaban J connectivity index is 1.58. The van der Waals surface area contributed by atoms with Gasteiger partial charge in [0, 0.05) is 24.0 Å². The van der Waals surface area contributed by atoms with Crippen molar-refractivity contribution in [1.29, 1.82) is 0 Å². The number of carbonyl (C=O) groups excluding carboxylic acids is 1. The number of rotatable bonds is 10. The maximum atomic E-state index is 12.4. The number of methoxy groups -OCH3 is 3. The topological polar surface area (TPSA) is 78.9 Å². The molecule has 0 saturated heterocycles. The van der Waals surface area contributed by atoms with E-state index in [0.717, 1.165) is 22.4 Å². The van der Waals surface area contributed by atoms with Gasteiger partial charge in [-0.1, -0.05) is 18.2 Å². The van der Waals surface area contributed by atoms with Crippen LogP contribution < -0.4 is 24.3 Å². The molecular weight excluding hydrogens is 420 g/mol. The Morgan fingerprint density at radius 2 is 1.73 bits per heavy atom. The minimum absolute atomic E-state index is 0.172. The number of benzene rings is 2. The fourth-order valence-electron chi connectivity index (χ4n) is 3.22. The van der Waals surface area contributed by atoms with Crippen LogP contribution in [0, 0.1) is 0 Å².